The van der Waals surface area contributed by atoms with Gasteiger partial charge >= 0.3 is 0 Å². The molecule has 0 aliphatic carbocycles. The zero-order chi connectivity index (χ0) is 12.1. The fraction of sp³-hybridized carbons (Fsp3) is 0.273. The van der Waals surface area contributed by atoms with Gasteiger partial charge in [-0.2, -0.15) is 5.26 Å². The Balaban J connectivity index is 2.78. The van der Waals surface area contributed by atoms with E-state index in [1.54, 1.807) is 19.1 Å². The Kier molecular flexibility index (Phi) is 4.68. The largest absolute Gasteiger partial charge is 0.351 e. The molecule has 1 rings (SSSR count). The Hall–Kier alpha value is -1.16. The zero-order valence-electron chi connectivity index (χ0n) is 8.63. The van der Waals surface area contributed by atoms with Gasteiger partial charge in [0.05, 0.1) is 17.6 Å². The maximum atomic E-state index is 13.4. The minimum Gasteiger partial charge on any atom is -0.351 e. The predicted molar refractivity (Wildman–Crippen MR) is 66.2 cm³/mol. The molecule has 16 heavy (non-hydrogen) atoms. The number of hydrogen-bond acceptors (Lipinski definition) is 2. The van der Waals surface area contributed by atoms with Gasteiger partial charge in [-0.25, -0.2) is 4.39 Å². The number of nitrogens with zero attached hydrogens (tertiary/aromatic N) is 1. The van der Waals surface area contributed by atoms with Crippen molar-refractivity contribution >= 4 is 28.5 Å². The topological polar surface area (TPSA) is 52.9 Å². The molecule has 1 aromatic carbocycles. The highest BCUT2D eigenvalue weighted by Crippen LogP contribution is 2.15. The van der Waals surface area contributed by atoms with Crippen LogP contribution in [0.2, 0.25) is 0 Å². The van der Waals surface area contributed by atoms with Gasteiger partial charge in [0.25, 0.3) is 5.91 Å². The number of rotatable bonds is 3. The molecule has 1 aromatic rings. The average molecular weight is 332 g/mol. The Morgan fingerprint density at radius 2 is 2.38 bits per heavy atom. The third kappa shape index (κ3) is 3.17. The van der Waals surface area contributed by atoms with Crippen molar-refractivity contribution < 1.29 is 9.18 Å². The number of hydrogen-bond donors (Lipinski definition) is 1. The van der Waals surface area contributed by atoms with Gasteiger partial charge in [0, 0.05) is 10.1 Å². The maximum absolute atomic E-state index is 13.4. The first-order valence-corrected chi connectivity index (χ1v) is 5.76. The number of halogens is 2. The molecule has 0 aliphatic rings. The fourth-order valence-electron chi connectivity index (χ4n) is 1.09. The van der Waals surface area contributed by atoms with Crippen LogP contribution in [0.3, 0.4) is 0 Å². The Labute approximate surface area is 107 Å². The number of amides is 1. The second-order valence-corrected chi connectivity index (χ2v) is 4.50. The highest BCUT2D eigenvalue weighted by Gasteiger charge is 2.15. The van der Waals surface area contributed by atoms with Gasteiger partial charge in [0.2, 0.25) is 0 Å². The van der Waals surface area contributed by atoms with Crippen LogP contribution in [0.5, 0.6) is 0 Å². The van der Waals surface area contributed by atoms with Gasteiger partial charge in [-0.15, -0.1) is 0 Å². The standard InChI is InChI=1S/C11H10FIN2O/c1-7(5-14)6-15-11(16)10-8(12)3-2-4-9(10)13/h2-4,7H,6H2,1H3,(H,15,16)/t7-/m1/s1. The minimum absolute atomic E-state index is 0.0354. The van der Waals surface area contributed by atoms with E-state index in [-0.39, 0.29) is 18.0 Å². The van der Waals surface area contributed by atoms with Crippen molar-refractivity contribution in [3.63, 3.8) is 0 Å². The summed E-state index contributed by atoms with van der Waals surface area (Å²) in [5.41, 5.74) is 0.0354. The number of benzene rings is 1. The molecular weight excluding hydrogens is 322 g/mol. The molecule has 3 nitrogen and oxygen atoms in total. The van der Waals surface area contributed by atoms with Crippen LogP contribution >= 0.6 is 22.6 Å². The lowest BCUT2D eigenvalue weighted by Crippen LogP contribution is -2.29. The van der Waals surface area contributed by atoms with Crippen LogP contribution < -0.4 is 5.32 Å². The van der Waals surface area contributed by atoms with E-state index in [0.717, 1.165) is 0 Å². The van der Waals surface area contributed by atoms with Crippen LogP contribution in [-0.4, -0.2) is 12.5 Å². The van der Waals surface area contributed by atoms with E-state index in [1.165, 1.54) is 6.07 Å². The molecular formula is C11H10FIN2O. The van der Waals surface area contributed by atoms with E-state index >= 15 is 0 Å². The van der Waals surface area contributed by atoms with Crippen molar-refractivity contribution in [3.05, 3.63) is 33.1 Å². The van der Waals surface area contributed by atoms with Crippen molar-refractivity contribution in [1.82, 2.24) is 5.32 Å². The molecule has 0 saturated carbocycles. The number of nitriles is 1. The second kappa shape index (κ2) is 5.80. The predicted octanol–water partition coefficient (Wildman–Crippen LogP) is 2.32. The Morgan fingerprint density at radius 3 is 2.94 bits per heavy atom. The van der Waals surface area contributed by atoms with Gasteiger partial charge in [0.15, 0.2) is 0 Å². The van der Waals surface area contributed by atoms with E-state index < -0.39 is 11.7 Å². The summed E-state index contributed by atoms with van der Waals surface area (Å²) in [4.78, 5) is 11.6. The Morgan fingerprint density at radius 1 is 1.69 bits per heavy atom. The van der Waals surface area contributed by atoms with Crippen LogP contribution in [0.15, 0.2) is 18.2 Å². The number of carbonyl (C=O) groups excluding carboxylic acids is 1. The molecule has 0 saturated heterocycles. The molecule has 5 heteroatoms. The summed E-state index contributed by atoms with van der Waals surface area (Å²) < 4.78 is 13.9. The van der Waals surface area contributed by atoms with Crippen LogP contribution in [0.25, 0.3) is 0 Å². The maximum Gasteiger partial charge on any atom is 0.255 e. The lowest BCUT2D eigenvalue weighted by Gasteiger charge is -2.08. The van der Waals surface area contributed by atoms with Gasteiger partial charge < -0.3 is 5.32 Å². The second-order valence-electron chi connectivity index (χ2n) is 3.34. The average Bonchev–Trinajstić information content (AvgIpc) is 2.25. The monoisotopic (exact) mass is 332 g/mol. The van der Waals surface area contributed by atoms with Crippen LogP contribution in [0.1, 0.15) is 17.3 Å². The Bertz CT molecular complexity index is 422. The van der Waals surface area contributed by atoms with Gasteiger partial charge in [-0.1, -0.05) is 6.07 Å². The summed E-state index contributed by atoms with van der Waals surface area (Å²) in [6.07, 6.45) is 0. The number of carbonyl (C=O) groups is 1. The fourth-order valence-corrected chi connectivity index (χ4v) is 1.80. The molecule has 84 valence electrons. The molecule has 1 N–H and O–H groups in total. The first-order valence-electron chi connectivity index (χ1n) is 4.68. The molecule has 0 aliphatic heterocycles. The van der Waals surface area contributed by atoms with E-state index in [0.29, 0.717) is 3.57 Å². The zero-order valence-corrected chi connectivity index (χ0v) is 10.8. The molecule has 0 unspecified atom stereocenters. The van der Waals surface area contributed by atoms with Crippen LogP contribution in [0.4, 0.5) is 4.39 Å². The van der Waals surface area contributed by atoms with Crippen molar-refractivity contribution in [3.8, 4) is 6.07 Å². The molecule has 1 atom stereocenters. The summed E-state index contributed by atoms with van der Waals surface area (Å²) in [5.74, 6) is -1.31. The lowest BCUT2D eigenvalue weighted by molar-refractivity contribution is 0.0946. The minimum atomic E-state index is -0.547. The van der Waals surface area contributed by atoms with Crippen molar-refractivity contribution in [2.45, 2.75) is 6.92 Å². The third-order valence-electron chi connectivity index (χ3n) is 1.98. The molecule has 0 heterocycles. The quantitative estimate of drug-likeness (QED) is 0.864. The molecule has 0 aromatic heterocycles. The molecule has 1 amide bonds. The summed E-state index contributed by atoms with van der Waals surface area (Å²) in [6.45, 7) is 1.91. The molecule has 0 spiro atoms. The first-order chi connectivity index (χ1) is 7.56. The van der Waals surface area contributed by atoms with Crippen LogP contribution in [-0.2, 0) is 0 Å². The highest BCUT2D eigenvalue weighted by atomic mass is 127. The van der Waals surface area contributed by atoms with E-state index in [9.17, 15) is 9.18 Å². The molecule has 0 bridgehead atoms. The summed E-state index contributed by atoms with van der Waals surface area (Å²) >= 11 is 1.90. The lowest BCUT2D eigenvalue weighted by atomic mass is 10.1. The SMILES string of the molecule is C[C@H](C#N)CNC(=O)c1c(F)cccc1I. The van der Waals surface area contributed by atoms with Crippen molar-refractivity contribution in [2.24, 2.45) is 5.92 Å². The molecule has 0 fully saturated rings. The first kappa shape index (κ1) is 12.9. The highest BCUT2D eigenvalue weighted by molar-refractivity contribution is 14.1. The third-order valence-corrected chi connectivity index (χ3v) is 2.88. The normalized spacial score (nSPS) is 11.6. The van der Waals surface area contributed by atoms with E-state index in [2.05, 4.69) is 5.32 Å². The summed E-state index contributed by atoms with van der Waals surface area (Å²) in [7, 11) is 0. The van der Waals surface area contributed by atoms with Crippen molar-refractivity contribution in [1.29, 1.82) is 5.26 Å². The number of nitrogens with one attached hydrogen (secondary N) is 1. The molecule has 0 radical (unpaired) electrons. The summed E-state index contributed by atoms with van der Waals surface area (Å²) in [6, 6.07) is 6.44. The van der Waals surface area contributed by atoms with Crippen LogP contribution in [0, 0.1) is 26.6 Å². The van der Waals surface area contributed by atoms with Crippen molar-refractivity contribution in [2.75, 3.05) is 6.54 Å². The van der Waals surface area contributed by atoms with Gasteiger partial charge in [-0.05, 0) is 41.6 Å². The van der Waals surface area contributed by atoms with E-state index in [1.807, 2.05) is 28.7 Å². The van der Waals surface area contributed by atoms with E-state index in [4.69, 9.17) is 5.26 Å². The smallest absolute Gasteiger partial charge is 0.255 e. The van der Waals surface area contributed by atoms with Gasteiger partial charge in [0.1, 0.15) is 5.82 Å². The van der Waals surface area contributed by atoms with Gasteiger partial charge in [-0.3, -0.25) is 4.79 Å². The summed E-state index contributed by atoms with van der Waals surface area (Å²) in [5, 5.41) is 11.1.